The van der Waals surface area contributed by atoms with Gasteiger partial charge in [-0.05, 0) is 38.0 Å². The van der Waals surface area contributed by atoms with E-state index in [1.165, 1.54) is 0 Å². The summed E-state index contributed by atoms with van der Waals surface area (Å²) in [6.07, 6.45) is -2.31. The number of rotatable bonds is 0. The van der Waals surface area contributed by atoms with Crippen LogP contribution in [0.25, 0.3) is 0 Å². The molecular formula is C11H16F3NO. The van der Waals surface area contributed by atoms with Crippen LogP contribution in [0.5, 0.6) is 0 Å². The normalized spacial score (nSPS) is 40.1. The molecule has 1 saturated heterocycles. The Hall–Kier alpha value is -0.740. The SMILES string of the molecule is CC1NC(=O)CC12CCC(C(F)(F)F)CC2. The Labute approximate surface area is 92.6 Å². The molecule has 2 aliphatic rings. The Morgan fingerprint density at radius 3 is 2.25 bits per heavy atom. The molecule has 0 bridgehead atoms. The number of amides is 1. The van der Waals surface area contributed by atoms with Crippen LogP contribution in [-0.2, 0) is 4.79 Å². The average molecular weight is 235 g/mol. The molecule has 1 spiro atoms. The third-order valence-electron chi connectivity index (χ3n) is 4.25. The zero-order valence-electron chi connectivity index (χ0n) is 9.23. The molecule has 1 amide bonds. The van der Waals surface area contributed by atoms with Gasteiger partial charge in [0.1, 0.15) is 0 Å². The Balaban J connectivity index is 2.02. The largest absolute Gasteiger partial charge is 0.391 e. The first kappa shape index (κ1) is 11.7. The lowest BCUT2D eigenvalue weighted by atomic mass is 9.66. The lowest BCUT2D eigenvalue weighted by Crippen LogP contribution is -2.40. The van der Waals surface area contributed by atoms with Crippen LogP contribution in [0.15, 0.2) is 0 Å². The lowest BCUT2D eigenvalue weighted by Gasteiger charge is -2.39. The molecule has 1 unspecified atom stereocenters. The minimum atomic E-state index is -4.07. The van der Waals surface area contributed by atoms with Crippen LogP contribution in [0.4, 0.5) is 13.2 Å². The van der Waals surface area contributed by atoms with Crippen LogP contribution in [0.3, 0.4) is 0 Å². The number of alkyl halides is 3. The van der Waals surface area contributed by atoms with Crippen molar-refractivity contribution >= 4 is 5.91 Å². The molecule has 1 aliphatic heterocycles. The van der Waals surface area contributed by atoms with Gasteiger partial charge in [-0.15, -0.1) is 0 Å². The van der Waals surface area contributed by atoms with Crippen molar-refractivity contribution in [3.05, 3.63) is 0 Å². The van der Waals surface area contributed by atoms with Gasteiger partial charge in [0, 0.05) is 12.5 Å². The van der Waals surface area contributed by atoms with E-state index in [2.05, 4.69) is 5.32 Å². The highest BCUT2D eigenvalue weighted by atomic mass is 19.4. The van der Waals surface area contributed by atoms with E-state index in [9.17, 15) is 18.0 Å². The summed E-state index contributed by atoms with van der Waals surface area (Å²) in [7, 11) is 0. The predicted octanol–water partition coefficient (Wildman–Crippen LogP) is 2.63. The number of carbonyl (C=O) groups excluding carboxylic acids is 1. The maximum atomic E-state index is 12.5. The minimum Gasteiger partial charge on any atom is -0.353 e. The Kier molecular flexibility index (Phi) is 2.67. The van der Waals surface area contributed by atoms with Crippen molar-refractivity contribution in [2.24, 2.45) is 11.3 Å². The second-order valence-corrected chi connectivity index (χ2v) is 5.14. The van der Waals surface area contributed by atoms with Crippen LogP contribution in [0.1, 0.15) is 39.0 Å². The Morgan fingerprint density at radius 2 is 1.88 bits per heavy atom. The monoisotopic (exact) mass is 235 g/mol. The smallest absolute Gasteiger partial charge is 0.353 e. The molecular weight excluding hydrogens is 219 g/mol. The van der Waals surface area contributed by atoms with Gasteiger partial charge >= 0.3 is 6.18 Å². The molecule has 2 fully saturated rings. The molecule has 1 N–H and O–H groups in total. The van der Waals surface area contributed by atoms with Crippen molar-refractivity contribution in [2.45, 2.75) is 51.2 Å². The summed E-state index contributed by atoms with van der Waals surface area (Å²) >= 11 is 0. The fourth-order valence-corrected chi connectivity index (χ4v) is 3.05. The molecule has 1 heterocycles. The zero-order valence-corrected chi connectivity index (χ0v) is 9.23. The maximum absolute atomic E-state index is 12.5. The molecule has 5 heteroatoms. The first-order valence-corrected chi connectivity index (χ1v) is 5.70. The fraction of sp³-hybridized carbons (Fsp3) is 0.909. The highest BCUT2D eigenvalue weighted by Crippen LogP contribution is 2.50. The standard InChI is InChI=1S/C11H16F3NO/c1-7-10(6-9(16)15-7)4-2-8(3-5-10)11(12,13)14/h7-8H,2-6H2,1H3,(H,15,16). The van der Waals surface area contributed by atoms with Crippen molar-refractivity contribution in [3.63, 3.8) is 0 Å². The first-order valence-electron chi connectivity index (χ1n) is 5.70. The number of nitrogens with one attached hydrogen (secondary N) is 1. The van der Waals surface area contributed by atoms with Gasteiger partial charge in [-0.1, -0.05) is 0 Å². The van der Waals surface area contributed by atoms with E-state index in [4.69, 9.17) is 0 Å². The quantitative estimate of drug-likeness (QED) is 0.687. The van der Waals surface area contributed by atoms with Gasteiger partial charge in [0.05, 0.1) is 5.92 Å². The second kappa shape index (κ2) is 3.64. The van der Waals surface area contributed by atoms with Crippen molar-refractivity contribution in [1.29, 1.82) is 0 Å². The molecule has 1 atom stereocenters. The van der Waals surface area contributed by atoms with E-state index in [0.717, 1.165) is 0 Å². The minimum absolute atomic E-state index is 0.0158. The van der Waals surface area contributed by atoms with Crippen molar-refractivity contribution < 1.29 is 18.0 Å². The highest BCUT2D eigenvalue weighted by Gasteiger charge is 2.50. The molecule has 2 nitrogen and oxygen atoms in total. The van der Waals surface area contributed by atoms with Gasteiger partial charge in [-0.2, -0.15) is 13.2 Å². The van der Waals surface area contributed by atoms with Crippen LogP contribution in [-0.4, -0.2) is 18.1 Å². The number of halogens is 3. The van der Waals surface area contributed by atoms with E-state index in [0.29, 0.717) is 19.3 Å². The third kappa shape index (κ3) is 1.92. The number of hydrogen-bond acceptors (Lipinski definition) is 1. The first-order chi connectivity index (χ1) is 7.33. The number of carbonyl (C=O) groups is 1. The van der Waals surface area contributed by atoms with Crippen LogP contribution in [0.2, 0.25) is 0 Å². The van der Waals surface area contributed by atoms with Crippen LogP contribution >= 0.6 is 0 Å². The van der Waals surface area contributed by atoms with Gasteiger partial charge in [-0.25, -0.2) is 0 Å². The molecule has 92 valence electrons. The molecule has 0 radical (unpaired) electrons. The summed E-state index contributed by atoms with van der Waals surface area (Å²) in [5.74, 6) is -1.18. The molecule has 0 aromatic heterocycles. The topological polar surface area (TPSA) is 29.1 Å². The second-order valence-electron chi connectivity index (χ2n) is 5.14. The maximum Gasteiger partial charge on any atom is 0.391 e. The molecule has 1 saturated carbocycles. The summed E-state index contributed by atoms with van der Waals surface area (Å²) in [4.78, 5) is 11.3. The van der Waals surface area contributed by atoms with Crippen LogP contribution < -0.4 is 5.32 Å². The van der Waals surface area contributed by atoms with E-state index >= 15 is 0 Å². The van der Waals surface area contributed by atoms with Crippen LogP contribution in [0, 0.1) is 11.3 Å². The van der Waals surface area contributed by atoms with E-state index in [1.54, 1.807) is 0 Å². The van der Waals surface area contributed by atoms with E-state index in [-0.39, 0.29) is 30.2 Å². The zero-order chi connectivity index (χ0) is 12.0. The van der Waals surface area contributed by atoms with Gasteiger partial charge in [0.2, 0.25) is 5.91 Å². The summed E-state index contributed by atoms with van der Waals surface area (Å²) in [6, 6.07) is 0.0224. The number of hydrogen-bond donors (Lipinski definition) is 1. The van der Waals surface area contributed by atoms with E-state index < -0.39 is 12.1 Å². The van der Waals surface area contributed by atoms with Gasteiger partial charge in [0.25, 0.3) is 0 Å². The molecule has 1 aliphatic carbocycles. The Morgan fingerprint density at radius 1 is 1.31 bits per heavy atom. The summed E-state index contributed by atoms with van der Waals surface area (Å²) in [5, 5.41) is 2.81. The summed E-state index contributed by atoms with van der Waals surface area (Å²) in [6.45, 7) is 1.90. The fourth-order valence-electron chi connectivity index (χ4n) is 3.05. The van der Waals surface area contributed by atoms with Gasteiger partial charge < -0.3 is 5.32 Å². The average Bonchev–Trinajstić information content (AvgIpc) is 2.41. The Bertz CT molecular complexity index is 292. The summed E-state index contributed by atoms with van der Waals surface area (Å²) < 4.78 is 37.5. The van der Waals surface area contributed by atoms with Gasteiger partial charge in [0.15, 0.2) is 0 Å². The predicted molar refractivity (Wildman–Crippen MR) is 52.7 cm³/mol. The van der Waals surface area contributed by atoms with Gasteiger partial charge in [-0.3, -0.25) is 4.79 Å². The molecule has 0 aromatic carbocycles. The molecule has 16 heavy (non-hydrogen) atoms. The third-order valence-corrected chi connectivity index (χ3v) is 4.25. The highest BCUT2D eigenvalue weighted by molar-refractivity contribution is 5.79. The lowest BCUT2D eigenvalue weighted by molar-refractivity contribution is -0.187. The molecule has 0 aromatic rings. The summed E-state index contributed by atoms with van der Waals surface area (Å²) in [5.41, 5.74) is -0.209. The van der Waals surface area contributed by atoms with Crippen molar-refractivity contribution in [3.8, 4) is 0 Å². The van der Waals surface area contributed by atoms with E-state index in [1.807, 2.05) is 6.92 Å². The van der Waals surface area contributed by atoms with Crippen molar-refractivity contribution in [1.82, 2.24) is 5.32 Å². The van der Waals surface area contributed by atoms with Crippen molar-refractivity contribution in [2.75, 3.05) is 0 Å². The molecule has 2 rings (SSSR count).